The van der Waals surface area contributed by atoms with E-state index < -0.39 is 0 Å². The van der Waals surface area contributed by atoms with Gasteiger partial charge in [0, 0.05) is 5.56 Å². The molecular weight excluding hydrogens is 292 g/mol. The summed E-state index contributed by atoms with van der Waals surface area (Å²) in [5.41, 5.74) is 4.67. The van der Waals surface area contributed by atoms with Crippen molar-refractivity contribution in [1.29, 1.82) is 0 Å². The van der Waals surface area contributed by atoms with Gasteiger partial charge in [0.05, 0.1) is 19.4 Å². The molecule has 0 unspecified atom stereocenters. The zero-order valence-electron chi connectivity index (χ0n) is 13.5. The monoisotopic (exact) mass is 312 g/mol. The molecule has 0 heterocycles. The van der Waals surface area contributed by atoms with Crippen molar-refractivity contribution in [2.75, 3.05) is 13.7 Å². The van der Waals surface area contributed by atoms with Gasteiger partial charge in [-0.2, -0.15) is 5.10 Å². The first-order chi connectivity index (χ1) is 11.1. The van der Waals surface area contributed by atoms with Crippen molar-refractivity contribution in [3.8, 4) is 11.5 Å². The smallest absolute Gasteiger partial charge is 0.271 e. The lowest BCUT2D eigenvalue weighted by molar-refractivity contribution is 0.0954. The maximum absolute atomic E-state index is 12.1. The molecule has 0 fully saturated rings. The second kappa shape index (κ2) is 7.98. The van der Waals surface area contributed by atoms with E-state index in [2.05, 4.69) is 10.5 Å². The number of nitrogens with zero attached hydrogens (tertiary/aromatic N) is 1. The molecule has 0 aromatic heterocycles. The summed E-state index contributed by atoms with van der Waals surface area (Å²) in [6.45, 7) is 4.40. The fraction of sp³-hybridized carbons (Fsp3) is 0.222. The number of carbonyl (C=O) groups is 1. The van der Waals surface area contributed by atoms with Gasteiger partial charge in [-0.1, -0.05) is 6.07 Å². The molecule has 0 spiro atoms. The summed E-state index contributed by atoms with van der Waals surface area (Å²) in [5, 5.41) is 4.14. The molecule has 23 heavy (non-hydrogen) atoms. The summed E-state index contributed by atoms with van der Waals surface area (Å²) in [6, 6.07) is 14.5. The number of benzene rings is 2. The first-order valence-corrected chi connectivity index (χ1v) is 7.36. The van der Waals surface area contributed by atoms with Crippen molar-refractivity contribution in [3.05, 3.63) is 59.7 Å². The fourth-order valence-corrected chi connectivity index (χ4v) is 1.99. The highest BCUT2D eigenvalue weighted by molar-refractivity contribution is 6.01. The molecule has 1 amide bonds. The minimum atomic E-state index is -0.283. The molecule has 0 bridgehead atoms. The molecule has 0 aliphatic heterocycles. The average molecular weight is 312 g/mol. The largest absolute Gasteiger partial charge is 0.497 e. The Labute approximate surface area is 135 Å². The SMILES string of the molecule is CCOc1ccc(C(C)=NNC(=O)c2cccc(OC)c2)cc1. The molecule has 0 radical (unpaired) electrons. The number of hydrogen-bond donors (Lipinski definition) is 1. The lowest BCUT2D eigenvalue weighted by atomic mass is 10.1. The third-order valence-electron chi connectivity index (χ3n) is 3.24. The van der Waals surface area contributed by atoms with Crippen LogP contribution in [0.25, 0.3) is 0 Å². The Morgan fingerprint density at radius 3 is 2.48 bits per heavy atom. The highest BCUT2D eigenvalue weighted by atomic mass is 16.5. The van der Waals surface area contributed by atoms with Crippen LogP contribution < -0.4 is 14.9 Å². The highest BCUT2D eigenvalue weighted by Crippen LogP contribution is 2.14. The number of carbonyl (C=O) groups excluding carboxylic acids is 1. The lowest BCUT2D eigenvalue weighted by Crippen LogP contribution is -2.19. The van der Waals surface area contributed by atoms with Gasteiger partial charge >= 0.3 is 0 Å². The van der Waals surface area contributed by atoms with Gasteiger partial charge in [0.25, 0.3) is 5.91 Å². The van der Waals surface area contributed by atoms with Crippen LogP contribution in [0, 0.1) is 0 Å². The Bertz CT molecular complexity index is 694. The lowest BCUT2D eigenvalue weighted by Gasteiger charge is -2.06. The quantitative estimate of drug-likeness (QED) is 0.658. The number of ether oxygens (including phenoxy) is 2. The molecular formula is C18H20N2O3. The number of rotatable bonds is 6. The van der Waals surface area contributed by atoms with E-state index in [1.165, 1.54) is 0 Å². The molecule has 2 aromatic carbocycles. The summed E-state index contributed by atoms with van der Waals surface area (Å²) in [6.07, 6.45) is 0. The molecule has 2 rings (SSSR count). The molecule has 0 atom stereocenters. The maximum atomic E-state index is 12.1. The van der Waals surface area contributed by atoms with E-state index in [4.69, 9.17) is 9.47 Å². The van der Waals surface area contributed by atoms with Gasteiger partial charge in [-0.15, -0.1) is 0 Å². The number of hydrazone groups is 1. The van der Waals surface area contributed by atoms with E-state index in [0.29, 0.717) is 23.6 Å². The van der Waals surface area contributed by atoms with E-state index >= 15 is 0 Å². The van der Waals surface area contributed by atoms with E-state index in [1.807, 2.05) is 38.1 Å². The summed E-state index contributed by atoms with van der Waals surface area (Å²) in [7, 11) is 1.56. The zero-order valence-corrected chi connectivity index (χ0v) is 13.5. The predicted molar refractivity (Wildman–Crippen MR) is 90.3 cm³/mol. The molecule has 0 aliphatic rings. The third-order valence-corrected chi connectivity index (χ3v) is 3.24. The average Bonchev–Trinajstić information content (AvgIpc) is 2.60. The van der Waals surface area contributed by atoms with E-state index in [1.54, 1.807) is 31.4 Å². The Hall–Kier alpha value is -2.82. The predicted octanol–water partition coefficient (Wildman–Crippen LogP) is 3.25. The summed E-state index contributed by atoms with van der Waals surface area (Å²) >= 11 is 0. The van der Waals surface area contributed by atoms with E-state index in [0.717, 1.165) is 11.3 Å². The van der Waals surface area contributed by atoms with Crippen LogP contribution in [0.1, 0.15) is 29.8 Å². The fourth-order valence-electron chi connectivity index (χ4n) is 1.99. The minimum Gasteiger partial charge on any atom is -0.497 e. The molecule has 120 valence electrons. The standard InChI is InChI=1S/C18H20N2O3/c1-4-23-16-10-8-14(9-11-16)13(2)19-20-18(21)15-6-5-7-17(12-15)22-3/h5-12H,4H2,1-3H3,(H,20,21). The van der Waals surface area contributed by atoms with Crippen molar-refractivity contribution >= 4 is 11.6 Å². The minimum absolute atomic E-state index is 0.283. The van der Waals surface area contributed by atoms with Gasteiger partial charge in [0.1, 0.15) is 11.5 Å². The van der Waals surface area contributed by atoms with Crippen molar-refractivity contribution in [3.63, 3.8) is 0 Å². The van der Waals surface area contributed by atoms with Gasteiger partial charge in [0.15, 0.2) is 0 Å². The van der Waals surface area contributed by atoms with Crippen LogP contribution in [0.15, 0.2) is 53.6 Å². The number of amides is 1. The van der Waals surface area contributed by atoms with Crippen LogP contribution in [0.3, 0.4) is 0 Å². The highest BCUT2D eigenvalue weighted by Gasteiger charge is 2.06. The van der Waals surface area contributed by atoms with Crippen molar-refractivity contribution in [1.82, 2.24) is 5.43 Å². The Kier molecular flexibility index (Phi) is 5.74. The maximum Gasteiger partial charge on any atom is 0.271 e. The molecule has 5 nitrogen and oxygen atoms in total. The molecule has 1 N–H and O–H groups in total. The first kappa shape index (κ1) is 16.5. The van der Waals surface area contributed by atoms with Crippen LogP contribution in [-0.2, 0) is 0 Å². The van der Waals surface area contributed by atoms with Gasteiger partial charge in [-0.3, -0.25) is 4.79 Å². The number of hydrogen-bond acceptors (Lipinski definition) is 4. The Morgan fingerprint density at radius 1 is 1.09 bits per heavy atom. The summed E-state index contributed by atoms with van der Waals surface area (Å²) < 4.78 is 10.5. The first-order valence-electron chi connectivity index (χ1n) is 7.36. The normalized spacial score (nSPS) is 11.0. The Balaban J connectivity index is 2.04. The van der Waals surface area contributed by atoms with Gasteiger partial charge in [0.2, 0.25) is 0 Å². The van der Waals surface area contributed by atoms with Crippen molar-refractivity contribution in [2.45, 2.75) is 13.8 Å². The topological polar surface area (TPSA) is 59.9 Å². The molecule has 0 aliphatic carbocycles. The Morgan fingerprint density at radius 2 is 1.83 bits per heavy atom. The van der Waals surface area contributed by atoms with E-state index in [9.17, 15) is 4.79 Å². The third kappa shape index (κ3) is 4.57. The van der Waals surface area contributed by atoms with Crippen LogP contribution >= 0.6 is 0 Å². The molecule has 0 saturated carbocycles. The second-order valence-electron chi connectivity index (χ2n) is 4.83. The number of nitrogens with one attached hydrogen (secondary N) is 1. The second-order valence-corrected chi connectivity index (χ2v) is 4.83. The van der Waals surface area contributed by atoms with Crippen molar-refractivity contribution in [2.24, 2.45) is 5.10 Å². The zero-order chi connectivity index (χ0) is 16.7. The summed E-state index contributed by atoms with van der Waals surface area (Å²) in [5.74, 6) is 1.16. The van der Waals surface area contributed by atoms with Crippen LogP contribution in [0.4, 0.5) is 0 Å². The van der Waals surface area contributed by atoms with Gasteiger partial charge in [-0.05, 0) is 61.9 Å². The molecule has 0 saturated heterocycles. The molecule has 2 aromatic rings. The molecule has 5 heteroatoms. The van der Waals surface area contributed by atoms with Gasteiger partial charge < -0.3 is 9.47 Å². The summed E-state index contributed by atoms with van der Waals surface area (Å²) in [4.78, 5) is 12.1. The van der Waals surface area contributed by atoms with Crippen LogP contribution in [0.2, 0.25) is 0 Å². The van der Waals surface area contributed by atoms with Crippen LogP contribution in [-0.4, -0.2) is 25.3 Å². The number of methoxy groups -OCH3 is 1. The van der Waals surface area contributed by atoms with Crippen LogP contribution in [0.5, 0.6) is 11.5 Å². The van der Waals surface area contributed by atoms with Crippen molar-refractivity contribution < 1.29 is 14.3 Å². The van der Waals surface area contributed by atoms with Gasteiger partial charge in [-0.25, -0.2) is 5.43 Å². The van der Waals surface area contributed by atoms with E-state index in [-0.39, 0.29) is 5.91 Å².